The molecule has 4 rings (SSSR count). The summed E-state index contributed by atoms with van der Waals surface area (Å²) in [5.41, 5.74) is 0.970. The highest BCUT2D eigenvalue weighted by atomic mass is 16.6. The van der Waals surface area contributed by atoms with Crippen LogP contribution in [0.2, 0.25) is 0 Å². The van der Waals surface area contributed by atoms with Gasteiger partial charge in [-0.25, -0.2) is 0 Å². The molecule has 2 heterocycles. The fraction of sp³-hybridized carbons (Fsp3) is 0.318. The maximum Gasteiger partial charge on any atom is 0.311 e. The van der Waals surface area contributed by atoms with E-state index < -0.39 is 18.5 Å². The number of ketones is 1. The average molecular weight is 411 g/mol. The van der Waals surface area contributed by atoms with E-state index in [1.165, 1.54) is 12.0 Å². The number of hydrogen-bond donors (Lipinski definition) is 0. The number of carbonyl (C=O) groups is 3. The van der Waals surface area contributed by atoms with Crippen molar-refractivity contribution < 1.29 is 33.3 Å². The second kappa shape index (κ2) is 8.44. The zero-order chi connectivity index (χ0) is 21.1. The predicted molar refractivity (Wildman–Crippen MR) is 106 cm³/mol. The number of Topliss-reactive ketones (excluding diaryl/α,β-unsaturated/α-hetero) is 1. The van der Waals surface area contributed by atoms with E-state index in [-0.39, 0.29) is 24.7 Å². The second-order valence-corrected chi connectivity index (χ2v) is 6.97. The lowest BCUT2D eigenvalue weighted by molar-refractivity contribution is -0.147. The van der Waals surface area contributed by atoms with Crippen LogP contribution in [-0.2, 0) is 14.3 Å². The summed E-state index contributed by atoms with van der Waals surface area (Å²) in [6.45, 7) is 0.649. The Balaban J connectivity index is 1.36. The highest BCUT2D eigenvalue weighted by molar-refractivity contribution is 6.01. The first-order chi connectivity index (χ1) is 14.6. The second-order valence-electron chi connectivity index (χ2n) is 6.97. The number of fused-ring (bicyclic) bond motifs is 1. The summed E-state index contributed by atoms with van der Waals surface area (Å²) >= 11 is 0. The number of methoxy groups -OCH3 is 1. The Morgan fingerprint density at radius 3 is 2.67 bits per heavy atom. The molecule has 2 aliphatic rings. The van der Waals surface area contributed by atoms with E-state index in [9.17, 15) is 14.4 Å². The van der Waals surface area contributed by atoms with Gasteiger partial charge in [-0.2, -0.15) is 0 Å². The number of benzene rings is 2. The summed E-state index contributed by atoms with van der Waals surface area (Å²) in [6.07, 6.45) is 0.0229. The van der Waals surface area contributed by atoms with Gasteiger partial charge in [-0.05, 0) is 30.3 Å². The normalized spacial score (nSPS) is 17.6. The van der Waals surface area contributed by atoms with Gasteiger partial charge in [0, 0.05) is 18.5 Å². The molecule has 8 heteroatoms. The largest absolute Gasteiger partial charge is 0.495 e. The van der Waals surface area contributed by atoms with Gasteiger partial charge in [0.1, 0.15) is 19.0 Å². The Morgan fingerprint density at radius 2 is 1.87 bits per heavy atom. The van der Waals surface area contributed by atoms with Crippen molar-refractivity contribution in [1.29, 1.82) is 0 Å². The first-order valence-corrected chi connectivity index (χ1v) is 9.59. The van der Waals surface area contributed by atoms with Crippen LogP contribution in [0.1, 0.15) is 16.8 Å². The molecule has 30 heavy (non-hydrogen) atoms. The van der Waals surface area contributed by atoms with Crippen molar-refractivity contribution >= 4 is 23.3 Å². The van der Waals surface area contributed by atoms with Crippen molar-refractivity contribution in [3.8, 4) is 17.2 Å². The highest BCUT2D eigenvalue weighted by Gasteiger charge is 2.37. The number of ether oxygens (including phenoxy) is 4. The van der Waals surface area contributed by atoms with Crippen LogP contribution >= 0.6 is 0 Å². The molecule has 0 spiro atoms. The van der Waals surface area contributed by atoms with Crippen molar-refractivity contribution in [2.45, 2.75) is 6.42 Å². The Morgan fingerprint density at radius 1 is 1.10 bits per heavy atom. The Hall–Kier alpha value is -3.55. The van der Waals surface area contributed by atoms with Gasteiger partial charge in [0.15, 0.2) is 23.9 Å². The molecule has 2 aromatic carbocycles. The maximum absolute atomic E-state index is 12.5. The van der Waals surface area contributed by atoms with E-state index in [1.54, 1.807) is 42.5 Å². The molecule has 0 aromatic heterocycles. The van der Waals surface area contributed by atoms with Crippen LogP contribution < -0.4 is 19.1 Å². The molecule has 2 aliphatic heterocycles. The van der Waals surface area contributed by atoms with E-state index in [4.69, 9.17) is 18.9 Å². The lowest BCUT2D eigenvalue weighted by Gasteiger charge is -2.19. The van der Waals surface area contributed by atoms with Crippen molar-refractivity contribution in [2.75, 3.05) is 38.4 Å². The third-order valence-corrected chi connectivity index (χ3v) is 5.04. The molecule has 0 bridgehead atoms. The summed E-state index contributed by atoms with van der Waals surface area (Å²) in [7, 11) is 1.52. The molecular weight excluding hydrogens is 390 g/mol. The van der Waals surface area contributed by atoms with Gasteiger partial charge in [0.25, 0.3) is 0 Å². The third-order valence-electron chi connectivity index (χ3n) is 5.04. The highest BCUT2D eigenvalue weighted by Crippen LogP contribution is 2.33. The Labute approximate surface area is 173 Å². The zero-order valence-corrected chi connectivity index (χ0v) is 16.5. The van der Waals surface area contributed by atoms with Gasteiger partial charge < -0.3 is 23.8 Å². The SMILES string of the molecule is COc1ccccc1N1C[C@H](C(=O)OCC(=O)c2ccc3c(c2)OCCO3)CC1=O. The standard InChI is InChI=1S/C22H21NO7/c1-27-18-5-3-2-4-16(18)23-12-15(11-21(23)25)22(26)30-13-17(24)14-6-7-19-20(10-14)29-9-8-28-19/h2-7,10,15H,8-9,11-13H2,1H3/t15-/m1/s1. The van der Waals surface area contributed by atoms with Gasteiger partial charge in [0.05, 0.1) is 18.7 Å². The zero-order valence-electron chi connectivity index (χ0n) is 16.5. The number of hydrogen-bond acceptors (Lipinski definition) is 7. The monoisotopic (exact) mass is 411 g/mol. The van der Waals surface area contributed by atoms with Gasteiger partial charge in [-0.3, -0.25) is 14.4 Å². The van der Waals surface area contributed by atoms with Gasteiger partial charge in [0.2, 0.25) is 5.91 Å². The smallest absolute Gasteiger partial charge is 0.311 e. The van der Waals surface area contributed by atoms with Gasteiger partial charge in [-0.1, -0.05) is 12.1 Å². The van der Waals surface area contributed by atoms with E-state index in [1.807, 2.05) is 0 Å². The summed E-state index contributed by atoms with van der Waals surface area (Å²) in [5.74, 6) is -0.149. The van der Waals surface area contributed by atoms with Crippen LogP contribution in [0.15, 0.2) is 42.5 Å². The molecule has 1 amide bonds. The molecule has 1 fully saturated rings. The van der Waals surface area contributed by atoms with E-state index in [0.29, 0.717) is 41.7 Å². The number of amides is 1. The fourth-order valence-corrected chi connectivity index (χ4v) is 3.51. The molecular formula is C22H21NO7. The van der Waals surface area contributed by atoms with E-state index in [0.717, 1.165) is 0 Å². The first kappa shape index (κ1) is 19.8. The minimum absolute atomic E-state index is 0.0229. The fourth-order valence-electron chi connectivity index (χ4n) is 3.51. The third kappa shape index (κ3) is 3.94. The molecule has 0 unspecified atom stereocenters. The van der Waals surface area contributed by atoms with Gasteiger partial charge >= 0.3 is 5.97 Å². The van der Waals surface area contributed by atoms with Crippen LogP contribution in [-0.4, -0.2) is 51.1 Å². The number of esters is 1. The number of anilines is 1. The van der Waals surface area contributed by atoms with Crippen molar-refractivity contribution in [1.82, 2.24) is 0 Å². The van der Waals surface area contributed by atoms with Crippen LogP contribution in [0.4, 0.5) is 5.69 Å². The lowest BCUT2D eigenvalue weighted by atomic mass is 10.1. The quantitative estimate of drug-likeness (QED) is 0.532. The minimum Gasteiger partial charge on any atom is -0.495 e. The topological polar surface area (TPSA) is 91.4 Å². The molecule has 156 valence electrons. The molecule has 1 atom stereocenters. The Kier molecular flexibility index (Phi) is 5.56. The van der Waals surface area contributed by atoms with Crippen molar-refractivity contribution in [3.63, 3.8) is 0 Å². The lowest BCUT2D eigenvalue weighted by Crippen LogP contribution is -2.27. The first-order valence-electron chi connectivity index (χ1n) is 9.59. The summed E-state index contributed by atoms with van der Waals surface area (Å²) < 4.78 is 21.4. The summed E-state index contributed by atoms with van der Waals surface area (Å²) in [5, 5.41) is 0. The maximum atomic E-state index is 12.5. The average Bonchev–Trinajstić information content (AvgIpc) is 3.18. The number of nitrogens with zero attached hydrogens (tertiary/aromatic N) is 1. The minimum atomic E-state index is -0.643. The molecule has 2 aromatic rings. The molecule has 0 saturated carbocycles. The van der Waals surface area contributed by atoms with Gasteiger partial charge in [-0.15, -0.1) is 0 Å². The Bertz CT molecular complexity index is 987. The summed E-state index contributed by atoms with van der Waals surface area (Å²) in [4.78, 5) is 38.8. The molecule has 0 radical (unpaired) electrons. The number of para-hydroxylation sites is 2. The van der Waals surface area contributed by atoms with Crippen LogP contribution in [0.25, 0.3) is 0 Å². The molecule has 0 aliphatic carbocycles. The predicted octanol–water partition coefficient (Wildman–Crippen LogP) is 2.25. The van der Waals surface area contributed by atoms with Crippen LogP contribution in [0.5, 0.6) is 17.2 Å². The van der Waals surface area contributed by atoms with E-state index in [2.05, 4.69) is 0 Å². The molecule has 8 nitrogen and oxygen atoms in total. The van der Waals surface area contributed by atoms with Crippen LogP contribution in [0, 0.1) is 5.92 Å². The van der Waals surface area contributed by atoms with Crippen molar-refractivity contribution in [3.05, 3.63) is 48.0 Å². The molecule has 1 saturated heterocycles. The molecule has 0 N–H and O–H groups in total. The van der Waals surface area contributed by atoms with Crippen LogP contribution in [0.3, 0.4) is 0 Å². The number of carbonyl (C=O) groups excluding carboxylic acids is 3. The number of rotatable bonds is 6. The van der Waals surface area contributed by atoms with Crippen molar-refractivity contribution in [2.24, 2.45) is 5.92 Å². The van der Waals surface area contributed by atoms with E-state index >= 15 is 0 Å². The summed E-state index contributed by atoms with van der Waals surface area (Å²) in [6, 6.07) is 11.9.